The normalized spacial score (nSPS) is 15.3. The minimum absolute atomic E-state index is 0.00147. The molecule has 27 heavy (non-hydrogen) atoms. The maximum atomic E-state index is 10.7. The van der Waals surface area contributed by atoms with Crippen molar-refractivity contribution in [1.29, 1.82) is 0 Å². The highest BCUT2D eigenvalue weighted by Gasteiger charge is 2.22. The van der Waals surface area contributed by atoms with Gasteiger partial charge in [0.2, 0.25) is 5.13 Å². The Morgan fingerprint density at radius 1 is 1.41 bits per heavy atom. The van der Waals surface area contributed by atoms with Crippen LogP contribution < -0.4 is 10.2 Å². The van der Waals surface area contributed by atoms with Crippen molar-refractivity contribution in [3.8, 4) is 0 Å². The first-order chi connectivity index (χ1) is 13.1. The van der Waals surface area contributed by atoms with Gasteiger partial charge >= 0.3 is 5.69 Å². The number of hydrogen-bond acceptors (Lipinski definition) is 8. The largest absolute Gasteiger partial charge is 0.354 e. The lowest BCUT2D eigenvalue weighted by Gasteiger charge is -2.36. The highest BCUT2D eigenvalue weighted by Crippen LogP contribution is 2.19. The highest BCUT2D eigenvalue weighted by atomic mass is 32.1. The van der Waals surface area contributed by atoms with Gasteiger partial charge in [-0.15, -0.1) is 0 Å². The van der Waals surface area contributed by atoms with E-state index in [1.54, 1.807) is 11.7 Å². The standard InChI is InChI=1S/C15H23N9O2S/c1-3-13-19-15(27-20-13)22-8-6-21(7-9-22)14(16-2)17-4-5-23-11-12(10-18-23)24(25)26/h10-11H,3-9H2,1-2H3,(H,16,17). The van der Waals surface area contributed by atoms with Gasteiger partial charge in [0, 0.05) is 57.7 Å². The zero-order valence-corrected chi connectivity index (χ0v) is 16.2. The lowest BCUT2D eigenvalue weighted by molar-refractivity contribution is -0.385. The van der Waals surface area contributed by atoms with Crippen molar-refractivity contribution in [3.63, 3.8) is 0 Å². The number of nitrogens with zero attached hydrogens (tertiary/aromatic N) is 8. The second-order valence-corrected chi connectivity index (χ2v) is 6.74. The summed E-state index contributed by atoms with van der Waals surface area (Å²) in [5, 5.41) is 19.0. The van der Waals surface area contributed by atoms with Crippen molar-refractivity contribution in [2.75, 3.05) is 44.7 Å². The summed E-state index contributed by atoms with van der Waals surface area (Å²) in [4.78, 5) is 23.6. The molecule has 1 aliphatic rings. The van der Waals surface area contributed by atoms with Crippen molar-refractivity contribution >= 4 is 28.3 Å². The number of hydrogen-bond donors (Lipinski definition) is 1. The summed E-state index contributed by atoms with van der Waals surface area (Å²) in [5.74, 6) is 1.72. The molecule has 0 spiro atoms. The van der Waals surface area contributed by atoms with Gasteiger partial charge in [0.1, 0.15) is 18.2 Å². The van der Waals surface area contributed by atoms with E-state index >= 15 is 0 Å². The lowest BCUT2D eigenvalue weighted by atomic mass is 10.3. The number of piperazine rings is 1. The molecule has 0 atom stereocenters. The maximum Gasteiger partial charge on any atom is 0.306 e. The number of aromatic nitrogens is 4. The maximum absolute atomic E-state index is 10.7. The second kappa shape index (κ2) is 8.75. The van der Waals surface area contributed by atoms with Gasteiger partial charge in [-0.25, -0.2) is 4.98 Å². The molecule has 0 saturated carbocycles. The van der Waals surface area contributed by atoms with Crippen molar-refractivity contribution in [3.05, 3.63) is 28.3 Å². The first-order valence-corrected chi connectivity index (χ1v) is 9.58. The van der Waals surface area contributed by atoms with Crippen LogP contribution in [-0.2, 0) is 13.0 Å². The molecule has 2 aromatic rings. The van der Waals surface area contributed by atoms with E-state index in [0.717, 1.165) is 49.5 Å². The topological polar surface area (TPSA) is 118 Å². The van der Waals surface area contributed by atoms with E-state index in [2.05, 4.69) is 41.5 Å². The predicted molar refractivity (Wildman–Crippen MR) is 103 cm³/mol. The highest BCUT2D eigenvalue weighted by molar-refractivity contribution is 7.09. The monoisotopic (exact) mass is 393 g/mol. The molecule has 3 rings (SSSR count). The summed E-state index contributed by atoms with van der Waals surface area (Å²) >= 11 is 1.45. The van der Waals surface area contributed by atoms with Crippen molar-refractivity contribution in [2.45, 2.75) is 19.9 Å². The number of aryl methyl sites for hydroxylation is 1. The number of nitro groups is 1. The molecule has 0 aliphatic carbocycles. The number of rotatable bonds is 6. The molecule has 1 fully saturated rings. The Labute approximate surface area is 161 Å². The SMILES string of the molecule is CCc1nsc(N2CCN(C(=NC)NCCn3cc([N+](=O)[O-])cn3)CC2)n1. The Bertz CT molecular complexity index is 795. The Kier molecular flexibility index (Phi) is 6.16. The van der Waals surface area contributed by atoms with Crippen LogP contribution in [0.4, 0.5) is 10.8 Å². The third kappa shape index (κ3) is 4.70. The van der Waals surface area contributed by atoms with Crippen LogP contribution in [0, 0.1) is 10.1 Å². The van der Waals surface area contributed by atoms with Crippen LogP contribution in [0.25, 0.3) is 0 Å². The minimum atomic E-state index is -0.448. The summed E-state index contributed by atoms with van der Waals surface area (Å²) in [5.41, 5.74) is -0.00147. The first-order valence-electron chi connectivity index (χ1n) is 8.80. The third-order valence-corrected chi connectivity index (χ3v) is 5.10. The molecule has 2 aromatic heterocycles. The van der Waals surface area contributed by atoms with E-state index in [9.17, 15) is 10.1 Å². The van der Waals surface area contributed by atoms with Crippen molar-refractivity contribution in [2.24, 2.45) is 4.99 Å². The van der Waals surface area contributed by atoms with E-state index in [0.29, 0.717) is 13.1 Å². The summed E-state index contributed by atoms with van der Waals surface area (Å²) in [6.07, 6.45) is 3.54. The number of anilines is 1. The average Bonchev–Trinajstić information content (AvgIpc) is 3.35. The van der Waals surface area contributed by atoms with Gasteiger partial charge in [-0.05, 0) is 0 Å². The molecule has 12 heteroatoms. The molecule has 146 valence electrons. The minimum Gasteiger partial charge on any atom is -0.354 e. The van der Waals surface area contributed by atoms with Crippen LogP contribution in [0.1, 0.15) is 12.7 Å². The smallest absolute Gasteiger partial charge is 0.306 e. The summed E-state index contributed by atoms with van der Waals surface area (Å²) in [7, 11) is 1.76. The van der Waals surface area contributed by atoms with E-state index < -0.39 is 4.92 Å². The van der Waals surface area contributed by atoms with Crippen LogP contribution in [-0.4, -0.2) is 74.7 Å². The third-order valence-electron chi connectivity index (χ3n) is 4.29. The molecular weight excluding hydrogens is 370 g/mol. The summed E-state index contributed by atoms with van der Waals surface area (Å²) < 4.78 is 5.90. The Balaban J connectivity index is 1.46. The second-order valence-electron chi connectivity index (χ2n) is 6.01. The zero-order valence-electron chi connectivity index (χ0n) is 15.4. The van der Waals surface area contributed by atoms with Gasteiger partial charge in [0.15, 0.2) is 5.96 Å². The van der Waals surface area contributed by atoms with Crippen LogP contribution in [0.2, 0.25) is 0 Å². The zero-order chi connectivity index (χ0) is 19.2. The number of guanidine groups is 1. The number of nitrogens with one attached hydrogen (secondary N) is 1. The average molecular weight is 393 g/mol. The van der Waals surface area contributed by atoms with E-state index in [1.807, 2.05) is 0 Å². The molecule has 1 aliphatic heterocycles. The predicted octanol–water partition coefficient (Wildman–Crippen LogP) is 0.603. The summed E-state index contributed by atoms with van der Waals surface area (Å²) in [6.45, 7) is 6.58. The van der Waals surface area contributed by atoms with Gasteiger partial charge in [0.05, 0.1) is 11.5 Å². The van der Waals surface area contributed by atoms with Gasteiger partial charge < -0.3 is 15.1 Å². The fourth-order valence-corrected chi connectivity index (χ4v) is 3.61. The van der Waals surface area contributed by atoms with E-state index in [4.69, 9.17) is 0 Å². The molecular formula is C15H23N9O2S. The van der Waals surface area contributed by atoms with Gasteiger partial charge in [-0.3, -0.25) is 19.8 Å². The van der Waals surface area contributed by atoms with Crippen LogP contribution in [0.3, 0.4) is 0 Å². The quantitative estimate of drug-likeness (QED) is 0.328. The molecule has 0 radical (unpaired) electrons. The molecule has 0 bridgehead atoms. The fourth-order valence-electron chi connectivity index (χ4n) is 2.81. The van der Waals surface area contributed by atoms with Crippen molar-refractivity contribution < 1.29 is 4.92 Å². The molecule has 3 heterocycles. The number of aliphatic imine (C=N–C) groups is 1. The van der Waals surface area contributed by atoms with Gasteiger partial charge in [-0.2, -0.15) is 9.47 Å². The van der Waals surface area contributed by atoms with Crippen LogP contribution in [0.15, 0.2) is 17.4 Å². The molecule has 0 amide bonds. The molecule has 0 unspecified atom stereocenters. The lowest BCUT2D eigenvalue weighted by Crippen LogP contribution is -2.53. The Hall–Kier alpha value is -2.76. The van der Waals surface area contributed by atoms with E-state index in [1.165, 1.54) is 23.9 Å². The Morgan fingerprint density at radius 2 is 2.19 bits per heavy atom. The van der Waals surface area contributed by atoms with Gasteiger partial charge in [0.25, 0.3) is 0 Å². The molecule has 1 N–H and O–H groups in total. The van der Waals surface area contributed by atoms with Crippen LogP contribution in [0.5, 0.6) is 0 Å². The summed E-state index contributed by atoms with van der Waals surface area (Å²) in [6, 6.07) is 0. The first kappa shape index (κ1) is 19.0. The fraction of sp³-hybridized carbons (Fsp3) is 0.600. The van der Waals surface area contributed by atoms with E-state index in [-0.39, 0.29) is 5.69 Å². The van der Waals surface area contributed by atoms with Crippen molar-refractivity contribution in [1.82, 2.24) is 29.4 Å². The molecule has 1 saturated heterocycles. The molecule has 0 aromatic carbocycles. The van der Waals surface area contributed by atoms with Crippen LogP contribution >= 0.6 is 11.5 Å². The molecule has 11 nitrogen and oxygen atoms in total. The van der Waals surface area contributed by atoms with Gasteiger partial charge in [-0.1, -0.05) is 6.92 Å². The Morgan fingerprint density at radius 3 is 2.78 bits per heavy atom.